The molecule has 1 fully saturated rings. The molecule has 33 heavy (non-hydrogen) atoms. The maximum atomic E-state index is 13.0. The summed E-state index contributed by atoms with van der Waals surface area (Å²) in [4.78, 5) is 13.0. The molecule has 4 rings (SSSR count). The van der Waals surface area contributed by atoms with Gasteiger partial charge in [0, 0.05) is 18.0 Å². The Morgan fingerprint density at radius 1 is 1.18 bits per heavy atom. The van der Waals surface area contributed by atoms with E-state index in [-0.39, 0.29) is 11.7 Å². The number of amides is 1. The quantitative estimate of drug-likeness (QED) is 0.364. The minimum Gasteiger partial charge on any atom is -0.384 e. The fourth-order valence-electron chi connectivity index (χ4n) is 3.83. The SMILES string of the molecule is CC(C)(C#N)c1ccc(Cn2ncc(C(=O)NCc3ccc(C(=N)N)cc3)c2C2CC2)cc1. The first-order valence-corrected chi connectivity index (χ1v) is 11.1. The van der Waals surface area contributed by atoms with E-state index in [2.05, 4.69) is 16.5 Å². The number of rotatable bonds is 8. The van der Waals surface area contributed by atoms with E-state index in [0.29, 0.717) is 30.1 Å². The smallest absolute Gasteiger partial charge is 0.255 e. The number of nitrogens with two attached hydrogens (primary N) is 1. The topological polar surface area (TPSA) is 121 Å². The average Bonchev–Trinajstić information content (AvgIpc) is 3.57. The monoisotopic (exact) mass is 440 g/mol. The van der Waals surface area contributed by atoms with Crippen molar-refractivity contribution in [2.24, 2.45) is 5.73 Å². The maximum absolute atomic E-state index is 13.0. The van der Waals surface area contributed by atoms with Gasteiger partial charge in [-0.3, -0.25) is 14.9 Å². The molecule has 0 unspecified atom stereocenters. The van der Waals surface area contributed by atoms with Crippen LogP contribution in [0.1, 0.15) is 70.9 Å². The van der Waals surface area contributed by atoms with E-state index in [9.17, 15) is 10.1 Å². The summed E-state index contributed by atoms with van der Waals surface area (Å²) in [5, 5.41) is 24.3. The fraction of sp³-hybridized carbons (Fsp3) is 0.308. The summed E-state index contributed by atoms with van der Waals surface area (Å²) >= 11 is 0. The molecule has 1 heterocycles. The van der Waals surface area contributed by atoms with Crippen molar-refractivity contribution in [2.45, 2.75) is 51.1 Å². The first-order valence-electron chi connectivity index (χ1n) is 11.1. The van der Waals surface area contributed by atoms with Gasteiger partial charge >= 0.3 is 0 Å². The third-order valence-corrected chi connectivity index (χ3v) is 6.09. The van der Waals surface area contributed by atoms with Gasteiger partial charge in [0.15, 0.2) is 0 Å². The van der Waals surface area contributed by atoms with Crippen LogP contribution in [-0.2, 0) is 18.5 Å². The number of aromatic nitrogens is 2. The van der Waals surface area contributed by atoms with Crippen molar-refractivity contribution in [1.29, 1.82) is 10.7 Å². The van der Waals surface area contributed by atoms with Crippen molar-refractivity contribution in [3.8, 4) is 6.07 Å². The molecule has 1 saturated carbocycles. The van der Waals surface area contributed by atoms with E-state index in [0.717, 1.165) is 35.2 Å². The maximum Gasteiger partial charge on any atom is 0.255 e. The van der Waals surface area contributed by atoms with Gasteiger partial charge in [-0.1, -0.05) is 48.5 Å². The lowest BCUT2D eigenvalue weighted by atomic mass is 9.86. The first kappa shape index (κ1) is 22.3. The molecule has 7 heteroatoms. The Labute approximate surface area is 193 Å². The van der Waals surface area contributed by atoms with Crippen LogP contribution in [-0.4, -0.2) is 21.5 Å². The molecule has 2 aromatic carbocycles. The van der Waals surface area contributed by atoms with Crippen LogP contribution in [0.15, 0.2) is 54.7 Å². The van der Waals surface area contributed by atoms with Gasteiger partial charge in [-0.15, -0.1) is 0 Å². The van der Waals surface area contributed by atoms with Gasteiger partial charge in [0.05, 0.1) is 35.5 Å². The molecule has 1 aliphatic rings. The van der Waals surface area contributed by atoms with Crippen molar-refractivity contribution in [3.63, 3.8) is 0 Å². The highest BCUT2D eigenvalue weighted by molar-refractivity contribution is 5.96. The summed E-state index contributed by atoms with van der Waals surface area (Å²) in [6, 6.07) is 17.6. The molecular formula is C26H28N6O. The van der Waals surface area contributed by atoms with E-state index in [1.165, 1.54) is 0 Å². The Bertz CT molecular complexity index is 1210. The zero-order chi connectivity index (χ0) is 23.6. The largest absolute Gasteiger partial charge is 0.384 e. The van der Waals surface area contributed by atoms with E-state index in [1.54, 1.807) is 18.3 Å². The van der Waals surface area contributed by atoms with Gasteiger partial charge in [0.1, 0.15) is 5.84 Å². The number of carbonyl (C=O) groups excluding carboxylic acids is 1. The molecule has 0 radical (unpaired) electrons. The summed E-state index contributed by atoms with van der Waals surface area (Å²) in [6.07, 6.45) is 3.79. The second-order valence-electron chi connectivity index (χ2n) is 9.10. The Balaban J connectivity index is 1.47. The number of amidine groups is 1. The summed E-state index contributed by atoms with van der Waals surface area (Å²) < 4.78 is 1.93. The normalized spacial score (nSPS) is 13.4. The van der Waals surface area contributed by atoms with Crippen LogP contribution in [0.5, 0.6) is 0 Å². The molecule has 168 valence electrons. The van der Waals surface area contributed by atoms with Gasteiger partial charge in [0.2, 0.25) is 0 Å². The Morgan fingerprint density at radius 3 is 2.39 bits per heavy atom. The lowest BCUT2D eigenvalue weighted by Crippen LogP contribution is -2.24. The third kappa shape index (κ3) is 4.96. The zero-order valence-electron chi connectivity index (χ0n) is 18.9. The van der Waals surface area contributed by atoms with Gasteiger partial charge in [-0.2, -0.15) is 10.4 Å². The van der Waals surface area contributed by atoms with Crippen LogP contribution >= 0.6 is 0 Å². The van der Waals surface area contributed by atoms with Crippen LogP contribution in [0, 0.1) is 16.7 Å². The minimum absolute atomic E-state index is 0.0236. The van der Waals surface area contributed by atoms with Crippen molar-refractivity contribution >= 4 is 11.7 Å². The highest BCUT2D eigenvalue weighted by Gasteiger charge is 2.32. The fourth-order valence-corrected chi connectivity index (χ4v) is 3.83. The van der Waals surface area contributed by atoms with Gasteiger partial charge < -0.3 is 11.1 Å². The highest BCUT2D eigenvalue weighted by Crippen LogP contribution is 2.41. The molecule has 0 bridgehead atoms. The molecule has 7 nitrogen and oxygen atoms in total. The van der Waals surface area contributed by atoms with Crippen LogP contribution in [0.25, 0.3) is 0 Å². The number of hydrogen-bond acceptors (Lipinski definition) is 4. The number of carbonyl (C=O) groups is 1. The standard InChI is InChI=1S/C26H28N6O/c1-26(2,16-27)21-11-5-18(6-12-21)15-32-23(19-9-10-19)22(14-31-32)25(33)30-13-17-3-7-20(8-4-17)24(28)29/h3-8,11-12,14,19H,9-10,13,15H2,1-2H3,(H3,28,29)(H,30,33). The second-order valence-corrected chi connectivity index (χ2v) is 9.10. The Hall–Kier alpha value is -3.92. The molecule has 0 spiro atoms. The Morgan fingerprint density at radius 2 is 1.82 bits per heavy atom. The lowest BCUT2D eigenvalue weighted by molar-refractivity contribution is 0.0949. The second kappa shape index (κ2) is 8.91. The average molecular weight is 441 g/mol. The molecule has 0 saturated heterocycles. The van der Waals surface area contributed by atoms with Crippen LogP contribution in [0.3, 0.4) is 0 Å². The summed E-state index contributed by atoms with van der Waals surface area (Å²) in [7, 11) is 0. The lowest BCUT2D eigenvalue weighted by Gasteiger charge is -2.16. The molecule has 1 aromatic heterocycles. The number of benzene rings is 2. The van der Waals surface area contributed by atoms with Crippen molar-refractivity contribution < 1.29 is 4.79 Å². The van der Waals surface area contributed by atoms with Crippen LogP contribution in [0.4, 0.5) is 0 Å². The van der Waals surface area contributed by atoms with Crippen molar-refractivity contribution in [2.75, 3.05) is 0 Å². The van der Waals surface area contributed by atoms with E-state index in [1.807, 2.05) is 54.9 Å². The van der Waals surface area contributed by atoms with Crippen LogP contribution < -0.4 is 11.1 Å². The molecule has 3 aromatic rings. The van der Waals surface area contributed by atoms with E-state index in [4.69, 9.17) is 11.1 Å². The molecule has 0 atom stereocenters. The summed E-state index contributed by atoms with van der Waals surface area (Å²) in [5.74, 6) is 0.250. The summed E-state index contributed by atoms with van der Waals surface area (Å²) in [5.41, 5.74) is 10.2. The number of nitriles is 1. The third-order valence-electron chi connectivity index (χ3n) is 6.09. The predicted octanol–water partition coefficient (Wildman–Crippen LogP) is 3.82. The molecule has 0 aliphatic heterocycles. The van der Waals surface area contributed by atoms with Gasteiger partial charge in [-0.05, 0) is 43.4 Å². The van der Waals surface area contributed by atoms with Crippen molar-refractivity contribution in [1.82, 2.24) is 15.1 Å². The van der Waals surface area contributed by atoms with Crippen LogP contribution in [0.2, 0.25) is 0 Å². The predicted molar refractivity (Wildman–Crippen MR) is 127 cm³/mol. The number of nitrogens with one attached hydrogen (secondary N) is 2. The van der Waals surface area contributed by atoms with E-state index < -0.39 is 5.41 Å². The molecule has 4 N–H and O–H groups in total. The molecule has 1 aliphatic carbocycles. The number of nitrogens with zero attached hydrogens (tertiary/aromatic N) is 3. The zero-order valence-corrected chi connectivity index (χ0v) is 18.9. The highest BCUT2D eigenvalue weighted by atomic mass is 16.1. The van der Waals surface area contributed by atoms with Crippen molar-refractivity contribution in [3.05, 3.63) is 88.2 Å². The molecular weight excluding hydrogens is 412 g/mol. The summed E-state index contributed by atoms with van der Waals surface area (Å²) in [6.45, 7) is 4.79. The Kier molecular flexibility index (Phi) is 6.01. The van der Waals surface area contributed by atoms with Gasteiger partial charge in [0.25, 0.3) is 5.91 Å². The van der Waals surface area contributed by atoms with E-state index >= 15 is 0 Å². The first-order chi connectivity index (χ1) is 15.8. The van der Waals surface area contributed by atoms with Gasteiger partial charge in [-0.25, -0.2) is 0 Å². The number of hydrogen-bond donors (Lipinski definition) is 3. The molecule has 1 amide bonds. The number of nitrogen functional groups attached to an aromatic ring is 1. The minimum atomic E-state index is -0.527.